The van der Waals surface area contributed by atoms with Crippen molar-refractivity contribution in [1.82, 2.24) is 5.32 Å². The SMILES string of the molecule is CCOc1ccc(C2NC(=O)c3ccccc3O2)cc1OC. The fraction of sp³-hybridized carbons (Fsp3) is 0.235. The fourth-order valence-electron chi connectivity index (χ4n) is 2.38. The van der Waals surface area contributed by atoms with Crippen LogP contribution >= 0.6 is 0 Å². The van der Waals surface area contributed by atoms with Crippen LogP contribution in [0.2, 0.25) is 0 Å². The van der Waals surface area contributed by atoms with Crippen molar-refractivity contribution < 1.29 is 19.0 Å². The molecule has 0 spiro atoms. The Hall–Kier alpha value is -2.69. The van der Waals surface area contributed by atoms with E-state index in [1.54, 1.807) is 19.2 Å². The molecule has 0 aromatic heterocycles. The standard InChI is InChI=1S/C17H17NO4/c1-3-21-14-9-8-11(10-15(14)20-2)17-18-16(19)12-6-4-5-7-13(12)22-17/h4-10,17H,3H2,1-2H3,(H,18,19). The molecule has 0 bridgehead atoms. The van der Waals surface area contributed by atoms with Gasteiger partial charge in [0.2, 0.25) is 0 Å². The highest BCUT2D eigenvalue weighted by Gasteiger charge is 2.26. The highest BCUT2D eigenvalue weighted by atomic mass is 16.5. The first kappa shape index (κ1) is 14.3. The number of carbonyl (C=O) groups is 1. The largest absolute Gasteiger partial charge is 0.493 e. The number of rotatable bonds is 4. The highest BCUT2D eigenvalue weighted by Crippen LogP contribution is 2.33. The Kier molecular flexibility index (Phi) is 3.87. The lowest BCUT2D eigenvalue weighted by Gasteiger charge is -2.27. The highest BCUT2D eigenvalue weighted by molar-refractivity contribution is 5.98. The lowest BCUT2D eigenvalue weighted by atomic mass is 10.1. The molecule has 1 aliphatic heterocycles. The first-order valence-corrected chi connectivity index (χ1v) is 7.10. The van der Waals surface area contributed by atoms with Crippen LogP contribution in [0.15, 0.2) is 42.5 Å². The second-order valence-corrected chi connectivity index (χ2v) is 4.81. The summed E-state index contributed by atoms with van der Waals surface area (Å²) in [5.41, 5.74) is 1.33. The minimum Gasteiger partial charge on any atom is -0.493 e. The third-order valence-corrected chi connectivity index (χ3v) is 3.43. The summed E-state index contributed by atoms with van der Waals surface area (Å²) in [6, 6.07) is 12.6. The Morgan fingerprint density at radius 3 is 2.77 bits per heavy atom. The maximum atomic E-state index is 12.1. The van der Waals surface area contributed by atoms with Crippen molar-refractivity contribution >= 4 is 5.91 Å². The zero-order valence-electron chi connectivity index (χ0n) is 12.5. The van der Waals surface area contributed by atoms with E-state index in [2.05, 4.69) is 5.32 Å². The molecular weight excluding hydrogens is 282 g/mol. The van der Waals surface area contributed by atoms with E-state index in [0.29, 0.717) is 29.4 Å². The Morgan fingerprint density at radius 2 is 2.00 bits per heavy atom. The summed E-state index contributed by atoms with van der Waals surface area (Å²) >= 11 is 0. The van der Waals surface area contributed by atoms with Crippen LogP contribution in [0.4, 0.5) is 0 Å². The van der Waals surface area contributed by atoms with E-state index in [0.717, 1.165) is 5.56 Å². The second-order valence-electron chi connectivity index (χ2n) is 4.81. The van der Waals surface area contributed by atoms with Crippen LogP contribution in [0.3, 0.4) is 0 Å². The van der Waals surface area contributed by atoms with Crippen molar-refractivity contribution in [3.8, 4) is 17.2 Å². The molecule has 0 aliphatic carbocycles. The zero-order chi connectivity index (χ0) is 15.5. The molecule has 0 radical (unpaired) electrons. The van der Waals surface area contributed by atoms with Crippen molar-refractivity contribution in [3.63, 3.8) is 0 Å². The predicted octanol–water partition coefficient (Wildman–Crippen LogP) is 2.91. The molecule has 114 valence electrons. The molecule has 1 N–H and O–H groups in total. The van der Waals surface area contributed by atoms with Gasteiger partial charge in [-0.05, 0) is 37.3 Å². The van der Waals surface area contributed by atoms with Gasteiger partial charge < -0.3 is 19.5 Å². The Labute approximate surface area is 128 Å². The van der Waals surface area contributed by atoms with Crippen LogP contribution in [0.1, 0.15) is 29.1 Å². The van der Waals surface area contributed by atoms with Crippen LogP contribution in [-0.4, -0.2) is 19.6 Å². The molecular formula is C17H17NO4. The van der Waals surface area contributed by atoms with Crippen LogP contribution in [0.25, 0.3) is 0 Å². The molecule has 2 aromatic rings. The number of para-hydroxylation sites is 1. The summed E-state index contributed by atoms with van der Waals surface area (Å²) in [5.74, 6) is 1.69. The van der Waals surface area contributed by atoms with Crippen LogP contribution in [0, 0.1) is 0 Å². The van der Waals surface area contributed by atoms with Crippen molar-refractivity contribution in [2.45, 2.75) is 13.2 Å². The number of benzene rings is 2. The average molecular weight is 299 g/mol. The van der Waals surface area contributed by atoms with Gasteiger partial charge in [-0.25, -0.2) is 0 Å². The molecule has 1 aliphatic rings. The van der Waals surface area contributed by atoms with Gasteiger partial charge in [-0.15, -0.1) is 0 Å². The van der Waals surface area contributed by atoms with Gasteiger partial charge >= 0.3 is 0 Å². The molecule has 3 rings (SSSR count). The number of carbonyl (C=O) groups excluding carboxylic acids is 1. The molecule has 1 atom stereocenters. The van der Waals surface area contributed by atoms with Crippen LogP contribution < -0.4 is 19.5 Å². The lowest BCUT2D eigenvalue weighted by molar-refractivity contribution is 0.0755. The number of ether oxygens (including phenoxy) is 3. The van der Waals surface area contributed by atoms with Crippen molar-refractivity contribution in [2.24, 2.45) is 0 Å². The third kappa shape index (κ3) is 2.57. The molecule has 0 fully saturated rings. The Bertz CT molecular complexity index is 699. The van der Waals surface area contributed by atoms with Gasteiger partial charge in [0.25, 0.3) is 5.91 Å². The summed E-state index contributed by atoms with van der Waals surface area (Å²) in [4.78, 5) is 12.1. The molecule has 1 amide bonds. The minimum atomic E-state index is -0.549. The summed E-state index contributed by atoms with van der Waals surface area (Å²) in [5, 5.41) is 2.83. The van der Waals surface area contributed by atoms with Crippen molar-refractivity contribution in [1.29, 1.82) is 0 Å². The van der Waals surface area contributed by atoms with Gasteiger partial charge in [0.15, 0.2) is 17.7 Å². The molecule has 2 aromatic carbocycles. The first-order chi connectivity index (χ1) is 10.7. The lowest BCUT2D eigenvalue weighted by Crippen LogP contribution is -2.36. The molecule has 5 nitrogen and oxygen atoms in total. The molecule has 22 heavy (non-hydrogen) atoms. The summed E-state index contributed by atoms with van der Waals surface area (Å²) in [6.45, 7) is 2.47. The van der Waals surface area contributed by atoms with Crippen LogP contribution in [0.5, 0.6) is 17.2 Å². The maximum absolute atomic E-state index is 12.1. The Balaban J connectivity index is 1.91. The number of methoxy groups -OCH3 is 1. The molecule has 0 saturated carbocycles. The Morgan fingerprint density at radius 1 is 1.18 bits per heavy atom. The number of nitrogens with one attached hydrogen (secondary N) is 1. The number of hydrogen-bond donors (Lipinski definition) is 1. The molecule has 1 heterocycles. The minimum absolute atomic E-state index is 0.153. The van der Waals surface area contributed by atoms with E-state index < -0.39 is 6.23 Å². The van der Waals surface area contributed by atoms with Crippen LogP contribution in [-0.2, 0) is 0 Å². The summed E-state index contributed by atoms with van der Waals surface area (Å²) < 4.78 is 16.7. The van der Waals surface area contributed by atoms with E-state index >= 15 is 0 Å². The van der Waals surface area contributed by atoms with Gasteiger partial charge in [-0.3, -0.25) is 4.79 Å². The van der Waals surface area contributed by atoms with E-state index in [9.17, 15) is 4.79 Å². The molecule has 5 heteroatoms. The van der Waals surface area contributed by atoms with E-state index in [1.165, 1.54) is 0 Å². The maximum Gasteiger partial charge on any atom is 0.258 e. The number of fused-ring (bicyclic) bond motifs is 1. The number of hydrogen-bond acceptors (Lipinski definition) is 4. The van der Waals surface area contributed by atoms with Gasteiger partial charge in [0.1, 0.15) is 5.75 Å². The topological polar surface area (TPSA) is 56.8 Å². The summed E-state index contributed by atoms with van der Waals surface area (Å²) in [6.07, 6.45) is -0.549. The van der Waals surface area contributed by atoms with Gasteiger partial charge in [0, 0.05) is 5.56 Å². The predicted molar refractivity (Wildman–Crippen MR) is 81.4 cm³/mol. The monoisotopic (exact) mass is 299 g/mol. The quantitative estimate of drug-likeness (QED) is 0.943. The van der Waals surface area contributed by atoms with E-state index in [-0.39, 0.29) is 5.91 Å². The van der Waals surface area contributed by atoms with Gasteiger partial charge in [0.05, 0.1) is 19.3 Å². The van der Waals surface area contributed by atoms with Gasteiger partial charge in [-0.1, -0.05) is 12.1 Å². The average Bonchev–Trinajstić information content (AvgIpc) is 2.55. The number of amides is 1. The van der Waals surface area contributed by atoms with Gasteiger partial charge in [-0.2, -0.15) is 0 Å². The summed E-state index contributed by atoms with van der Waals surface area (Å²) in [7, 11) is 1.58. The third-order valence-electron chi connectivity index (χ3n) is 3.43. The smallest absolute Gasteiger partial charge is 0.258 e. The van der Waals surface area contributed by atoms with E-state index in [1.807, 2.05) is 37.3 Å². The fourth-order valence-corrected chi connectivity index (χ4v) is 2.38. The molecule has 0 saturated heterocycles. The van der Waals surface area contributed by atoms with Crippen molar-refractivity contribution in [2.75, 3.05) is 13.7 Å². The first-order valence-electron chi connectivity index (χ1n) is 7.10. The van der Waals surface area contributed by atoms with Crippen molar-refractivity contribution in [3.05, 3.63) is 53.6 Å². The second kappa shape index (κ2) is 5.97. The normalized spacial score (nSPS) is 16.3. The zero-order valence-corrected chi connectivity index (χ0v) is 12.5. The van der Waals surface area contributed by atoms with E-state index in [4.69, 9.17) is 14.2 Å². The molecule has 1 unspecified atom stereocenters.